The highest BCUT2D eigenvalue weighted by Crippen LogP contribution is 2.35. The van der Waals surface area contributed by atoms with E-state index in [0.717, 1.165) is 16.0 Å². The molecule has 28 heavy (non-hydrogen) atoms. The Morgan fingerprint density at radius 2 is 2.07 bits per heavy atom. The molecule has 0 saturated carbocycles. The number of amides is 2. The zero-order valence-corrected chi connectivity index (χ0v) is 16.2. The number of hydrogen-bond acceptors (Lipinski definition) is 4. The summed E-state index contributed by atoms with van der Waals surface area (Å²) in [4.78, 5) is 29.6. The van der Waals surface area contributed by atoms with Crippen LogP contribution in [0.2, 0.25) is 0 Å². The van der Waals surface area contributed by atoms with Crippen molar-refractivity contribution in [3.63, 3.8) is 0 Å². The predicted molar refractivity (Wildman–Crippen MR) is 109 cm³/mol. The van der Waals surface area contributed by atoms with Crippen LogP contribution in [0.25, 0.3) is 0 Å². The summed E-state index contributed by atoms with van der Waals surface area (Å²) < 4.78 is 1.99. The molecular weight excluding hydrogens is 372 g/mol. The number of nitrogens with zero attached hydrogens (tertiary/aromatic N) is 2. The summed E-state index contributed by atoms with van der Waals surface area (Å²) in [6.07, 6.45) is 5.43. The number of thioether (sulfide) groups is 1. The van der Waals surface area contributed by atoms with Crippen LogP contribution in [0, 0.1) is 0 Å². The molecule has 0 radical (unpaired) electrons. The highest BCUT2D eigenvalue weighted by Gasteiger charge is 2.23. The lowest BCUT2D eigenvalue weighted by molar-refractivity contribution is -0.115. The fraction of sp³-hybridized carbons (Fsp3) is 0.190. The Balaban J connectivity index is 1.45. The number of benzene rings is 2. The van der Waals surface area contributed by atoms with Gasteiger partial charge in [-0.1, -0.05) is 24.3 Å². The van der Waals surface area contributed by atoms with Gasteiger partial charge in [0.15, 0.2) is 0 Å². The Morgan fingerprint density at radius 1 is 1.25 bits per heavy atom. The van der Waals surface area contributed by atoms with Crippen molar-refractivity contribution in [1.29, 1.82) is 0 Å². The SMILES string of the molecule is CC1Sc2ccc(C(=O)NCc3ccccc3Cn3ccnc3)cc2NC1=O. The molecule has 2 heterocycles. The Kier molecular flexibility index (Phi) is 5.16. The first-order valence-electron chi connectivity index (χ1n) is 9.02. The Labute approximate surface area is 167 Å². The number of carbonyl (C=O) groups excluding carboxylic acids is 2. The molecule has 1 aromatic heterocycles. The summed E-state index contributed by atoms with van der Waals surface area (Å²) in [7, 11) is 0. The fourth-order valence-electron chi connectivity index (χ4n) is 3.09. The summed E-state index contributed by atoms with van der Waals surface area (Å²) in [5, 5.41) is 5.72. The average molecular weight is 392 g/mol. The molecule has 1 unspecified atom stereocenters. The van der Waals surface area contributed by atoms with Crippen LogP contribution in [-0.2, 0) is 17.9 Å². The van der Waals surface area contributed by atoms with Crippen LogP contribution in [0.3, 0.4) is 0 Å². The molecule has 2 aromatic carbocycles. The molecule has 0 spiro atoms. The third kappa shape index (κ3) is 3.94. The van der Waals surface area contributed by atoms with Gasteiger partial charge in [0.2, 0.25) is 5.91 Å². The number of nitrogens with one attached hydrogen (secondary N) is 2. The van der Waals surface area contributed by atoms with Crippen molar-refractivity contribution in [2.24, 2.45) is 0 Å². The lowest BCUT2D eigenvalue weighted by atomic mass is 10.1. The maximum Gasteiger partial charge on any atom is 0.251 e. The molecule has 2 N–H and O–H groups in total. The van der Waals surface area contributed by atoms with Crippen LogP contribution in [-0.4, -0.2) is 26.6 Å². The summed E-state index contributed by atoms with van der Waals surface area (Å²) in [5.74, 6) is -0.207. The third-order valence-electron chi connectivity index (χ3n) is 4.64. The molecule has 2 amide bonds. The Bertz CT molecular complexity index is 1020. The van der Waals surface area contributed by atoms with Gasteiger partial charge in [-0.15, -0.1) is 11.8 Å². The molecule has 0 aliphatic carbocycles. The van der Waals surface area contributed by atoms with Gasteiger partial charge in [0, 0.05) is 35.9 Å². The van der Waals surface area contributed by atoms with Crippen LogP contribution in [0.15, 0.2) is 66.1 Å². The van der Waals surface area contributed by atoms with Gasteiger partial charge in [0.05, 0.1) is 17.3 Å². The van der Waals surface area contributed by atoms with Crippen molar-refractivity contribution in [1.82, 2.24) is 14.9 Å². The van der Waals surface area contributed by atoms with Crippen LogP contribution < -0.4 is 10.6 Å². The largest absolute Gasteiger partial charge is 0.348 e. The van der Waals surface area contributed by atoms with Gasteiger partial charge in [-0.25, -0.2) is 4.98 Å². The number of hydrogen-bond donors (Lipinski definition) is 2. The molecule has 1 atom stereocenters. The molecule has 0 bridgehead atoms. The first-order valence-corrected chi connectivity index (χ1v) is 9.90. The van der Waals surface area contributed by atoms with E-state index in [1.165, 1.54) is 11.8 Å². The van der Waals surface area contributed by atoms with E-state index in [1.807, 2.05) is 48.0 Å². The summed E-state index contributed by atoms with van der Waals surface area (Å²) in [6.45, 7) is 3.00. The molecule has 0 fully saturated rings. The van der Waals surface area contributed by atoms with E-state index >= 15 is 0 Å². The number of anilines is 1. The zero-order valence-electron chi connectivity index (χ0n) is 15.4. The smallest absolute Gasteiger partial charge is 0.251 e. The van der Waals surface area contributed by atoms with Gasteiger partial charge < -0.3 is 15.2 Å². The maximum atomic E-state index is 12.6. The van der Waals surface area contributed by atoms with E-state index < -0.39 is 0 Å². The normalized spacial score (nSPS) is 15.6. The van der Waals surface area contributed by atoms with Gasteiger partial charge >= 0.3 is 0 Å². The fourth-order valence-corrected chi connectivity index (χ4v) is 4.02. The van der Waals surface area contributed by atoms with E-state index in [4.69, 9.17) is 0 Å². The summed E-state index contributed by atoms with van der Waals surface area (Å²) >= 11 is 1.50. The molecule has 7 heteroatoms. The van der Waals surface area contributed by atoms with E-state index in [9.17, 15) is 9.59 Å². The van der Waals surface area contributed by atoms with E-state index in [2.05, 4.69) is 15.6 Å². The van der Waals surface area contributed by atoms with Crippen LogP contribution >= 0.6 is 11.8 Å². The molecule has 1 aliphatic rings. The van der Waals surface area contributed by atoms with Gasteiger partial charge in [-0.2, -0.15) is 0 Å². The second-order valence-corrected chi connectivity index (χ2v) is 8.03. The van der Waals surface area contributed by atoms with Gasteiger partial charge in [-0.3, -0.25) is 9.59 Å². The van der Waals surface area contributed by atoms with Crippen molar-refractivity contribution in [3.05, 3.63) is 77.9 Å². The van der Waals surface area contributed by atoms with E-state index in [-0.39, 0.29) is 17.1 Å². The average Bonchev–Trinajstić information content (AvgIpc) is 3.21. The van der Waals surface area contributed by atoms with Crippen molar-refractivity contribution in [2.45, 2.75) is 30.2 Å². The van der Waals surface area contributed by atoms with E-state index in [0.29, 0.717) is 24.3 Å². The monoisotopic (exact) mass is 392 g/mol. The highest BCUT2D eigenvalue weighted by molar-refractivity contribution is 8.00. The molecule has 142 valence electrons. The number of fused-ring (bicyclic) bond motifs is 1. The third-order valence-corrected chi connectivity index (χ3v) is 5.82. The predicted octanol–water partition coefficient (Wildman–Crippen LogP) is 3.29. The maximum absolute atomic E-state index is 12.6. The topological polar surface area (TPSA) is 76.0 Å². The first kappa shape index (κ1) is 18.3. The first-order chi connectivity index (χ1) is 13.6. The molecule has 6 nitrogen and oxygen atoms in total. The van der Waals surface area contributed by atoms with Crippen LogP contribution in [0.1, 0.15) is 28.4 Å². The number of rotatable bonds is 5. The zero-order chi connectivity index (χ0) is 19.5. The van der Waals surface area contributed by atoms with Crippen molar-refractivity contribution < 1.29 is 9.59 Å². The molecule has 3 aromatic rings. The standard InChI is InChI=1S/C21H20N4O2S/c1-14-20(26)24-18-10-15(6-7-19(18)28-14)21(27)23-11-16-4-2-3-5-17(16)12-25-9-8-22-13-25/h2-10,13-14H,11-12H2,1H3,(H,23,27)(H,24,26). The van der Waals surface area contributed by atoms with Crippen LogP contribution in [0.5, 0.6) is 0 Å². The minimum Gasteiger partial charge on any atom is -0.348 e. The number of imidazole rings is 1. The molecular formula is C21H20N4O2S. The lowest BCUT2D eigenvalue weighted by Gasteiger charge is -2.21. The van der Waals surface area contributed by atoms with Crippen LogP contribution in [0.4, 0.5) is 5.69 Å². The van der Waals surface area contributed by atoms with Gasteiger partial charge in [0.25, 0.3) is 5.91 Å². The molecule has 1 aliphatic heterocycles. The second kappa shape index (κ2) is 7.90. The van der Waals surface area contributed by atoms with E-state index in [1.54, 1.807) is 24.7 Å². The molecule has 0 saturated heterocycles. The van der Waals surface area contributed by atoms with Crippen molar-refractivity contribution in [3.8, 4) is 0 Å². The lowest BCUT2D eigenvalue weighted by Crippen LogP contribution is -2.27. The molecule has 4 rings (SSSR count). The minimum absolute atomic E-state index is 0.0384. The second-order valence-electron chi connectivity index (χ2n) is 6.65. The Hall–Kier alpha value is -3.06. The van der Waals surface area contributed by atoms with Gasteiger partial charge in [-0.05, 0) is 36.2 Å². The quantitative estimate of drug-likeness (QED) is 0.699. The number of aromatic nitrogens is 2. The number of carbonyl (C=O) groups is 2. The highest BCUT2D eigenvalue weighted by atomic mass is 32.2. The Morgan fingerprint density at radius 3 is 2.86 bits per heavy atom. The van der Waals surface area contributed by atoms with Crippen molar-refractivity contribution >= 4 is 29.3 Å². The summed E-state index contributed by atoms with van der Waals surface area (Å²) in [6, 6.07) is 13.4. The van der Waals surface area contributed by atoms with Crippen molar-refractivity contribution in [2.75, 3.05) is 5.32 Å². The van der Waals surface area contributed by atoms with Gasteiger partial charge in [0.1, 0.15) is 0 Å². The minimum atomic E-state index is -0.168. The summed E-state index contributed by atoms with van der Waals surface area (Å²) in [5.41, 5.74) is 3.41.